The lowest BCUT2D eigenvalue weighted by atomic mass is 9.73. The van der Waals surface area contributed by atoms with Gasteiger partial charge in [-0.3, -0.25) is 9.59 Å². The first-order chi connectivity index (χ1) is 12.4. The second-order valence-electron chi connectivity index (χ2n) is 8.59. The lowest BCUT2D eigenvalue weighted by Crippen LogP contribution is -2.58. The van der Waals surface area contributed by atoms with Crippen molar-refractivity contribution < 1.29 is 19.8 Å². The van der Waals surface area contributed by atoms with E-state index in [2.05, 4.69) is 0 Å². The van der Waals surface area contributed by atoms with Gasteiger partial charge in [0, 0.05) is 13.1 Å². The molecule has 2 atom stereocenters. The van der Waals surface area contributed by atoms with Crippen LogP contribution < -0.4 is 0 Å². The van der Waals surface area contributed by atoms with Gasteiger partial charge in [-0.15, -0.1) is 0 Å². The number of amides is 1. The van der Waals surface area contributed by atoms with Gasteiger partial charge in [0.05, 0.1) is 11.5 Å². The van der Waals surface area contributed by atoms with Gasteiger partial charge in [0.2, 0.25) is 5.91 Å². The highest BCUT2D eigenvalue weighted by molar-refractivity contribution is 5.92. The molecule has 2 saturated carbocycles. The minimum absolute atomic E-state index is 0.0367. The van der Waals surface area contributed by atoms with Gasteiger partial charge in [0.15, 0.2) is 0 Å². The fourth-order valence-corrected chi connectivity index (χ4v) is 4.51. The van der Waals surface area contributed by atoms with Gasteiger partial charge in [-0.25, -0.2) is 0 Å². The zero-order chi connectivity index (χ0) is 18.5. The minimum Gasteiger partial charge on any atom is -0.481 e. The number of aliphatic hydroxyl groups excluding tert-OH is 1. The Morgan fingerprint density at radius 2 is 1.81 bits per heavy atom. The molecule has 26 heavy (non-hydrogen) atoms. The van der Waals surface area contributed by atoms with E-state index < -0.39 is 22.9 Å². The predicted octanol–water partition coefficient (Wildman–Crippen LogP) is 2.49. The summed E-state index contributed by atoms with van der Waals surface area (Å²) >= 11 is 0. The van der Waals surface area contributed by atoms with Gasteiger partial charge >= 0.3 is 5.97 Å². The van der Waals surface area contributed by atoms with Crippen molar-refractivity contribution in [3.8, 4) is 0 Å². The predicted molar refractivity (Wildman–Crippen MR) is 96.7 cm³/mol. The zero-order valence-corrected chi connectivity index (χ0v) is 15.3. The van der Waals surface area contributed by atoms with Gasteiger partial charge in [-0.1, -0.05) is 42.7 Å². The Labute approximate surface area is 154 Å². The maximum Gasteiger partial charge on any atom is 0.314 e. The Kier molecular flexibility index (Phi) is 4.10. The van der Waals surface area contributed by atoms with E-state index in [1.54, 1.807) is 4.90 Å². The average molecular weight is 357 g/mol. The van der Waals surface area contributed by atoms with E-state index in [1.807, 2.05) is 31.2 Å². The molecular weight excluding hydrogens is 330 g/mol. The van der Waals surface area contributed by atoms with Crippen molar-refractivity contribution in [1.29, 1.82) is 0 Å². The first-order valence-electron chi connectivity index (χ1n) is 9.65. The van der Waals surface area contributed by atoms with Crippen molar-refractivity contribution >= 4 is 11.9 Å². The summed E-state index contributed by atoms with van der Waals surface area (Å²) in [5.74, 6) is -0.549. The van der Waals surface area contributed by atoms with Crippen LogP contribution in [-0.4, -0.2) is 46.2 Å². The number of rotatable bonds is 5. The lowest BCUT2D eigenvalue weighted by molar-refractivity contribution is -0.168. The lowest BCUT2D eigenvalue weighted by Gasteiger charge is -2.44. The fraction of sp³-hybridized carbons (Fsp3) is 0.619. The van der Waals surface area contributed by atoms with Gasteiger partial charge in [-0.05, 0) is 44.1 Å². The quantitative estimate of drug-likeness (QED) is 0.849. The first-order valence-corrected chi connectivity index (χ1v) is 9.65. The monoisotopic (exact) mass is 357 g/mol. The molecule has 2 N–H and O–H groups in total. The standard InChI is InChI=1S/C21H27NO4/c1-14-2-6-16(7-3-14)20(9-10-20)18(24)22-11-8-17(23)21(13-22,19(25)26)12-15-4-5-15/h2-3,6-7,15,17,23H,4-5,8-13H2,1H3,(H,25,26)/t17-,21+/m0/s1. The Bertz CT molecular complexity index is 720. The number of benzene rings is 1. The van der Waals surface area contributed by atoms with E-state index >= 15 is 0 Å². The van der Waals surface area contributed by atoms with E-state index in [0.717, 1.165) is 36.8 Å². The van der Waals surface area contributed by atoms with Crippen LogP contribution in [-0.2, 0) is 15.0 Å². The summed E-state index contributed by atoms with van der Waals surface area (Å²) in [4.78, 5) is 27.1. The van der Waals surface area contributed by atoms with Gasteiger partial charge < -0.3 is 15.1 Å². The molecule has 3 aliphatic rings. The van der Waals surface area contributed by atoms with E-state index in [-0.39, 0.29) is 12.5 Å². The van der Waals surface area contributed by atoms with Crippen LogP contribution in [0.5, 0.6) is 0 Å². The summed E-state index contributed by atoms with van der Waals surface area (Å²) in [6, 6.07) is 8.09. The van der Waals surface area contributed by atoms with Gasteiger partial charge in [0.25, 0.3) is 0 Å². The smallest absolute Gasteiger partial charge is 0.314 e. The van der Waals surface area contributed by atoms with Crippen LogP contribution in [0.15, 0.2) is 24.3 Å². The van der Waals surface area contributed by atoms with Crippen molar-refractivity contribution in [3.63, 3.8) is 0 Å². The third kappa shape index (κ3) is 2.82. The molecule has 1 heterocycles. The van der Waals surface area contributed by atoms with E-state index in [9.17, 15) is 19.8 Å². The number of aliphatic hydroxyl groups is 1. The van der Waals surface area contributed by atoms with E-state index in [4.69, 9.17) is 0 Å². The number of carboxylic acid groups (broad SMARTS) is 1. The van der Waals surface area contributed by atoms with Crippen LogP contribution in [0.25, 0.3) is 0 Å². The summed E-state index contributed by atoms with van der Waals surface area (Å²) in [5.41, 5.74) is 0.493. The third-order valence-corrected chi connectivity index (χ3v) is 6.61. The number of likely N-dealkylation sites (tertiary alicyclic amines) is 1. The Balaban J connectivity index is 1.58. The SMILES string of the molecule is Cc1ccc(C2(C(=O)N3CC[C@H](O)[C@](CC4CC4)(C(=O)O)C3)CC2)cc1. The summed E-state index contributed by atoms with van der Waals surface area (Å²) < 4.78 is 0. The van der Waals surface area contributed by atoms with Crippen LogP contribution in [0.3, 0.4) is 0 Å². The number of hydrogen-bond donors (Lipinski definition) is 2. The molecule has 1 aromatic rings. The van der Waals surface area contributed by atoms with Crippen molar-refractivity contribution in [2.75, 3.05) is 13.1 Å². The second-order valence-corrected chi connectivity index (χ2v) is 8.59. The van der Waals surface area contributed by atoms with Gasteiger partial charge in [-0.2, -0.15) is 0 Å². The van der Waals surface area contributed by atoms with Crippen LogP contribution >= 0.6 is 0 Å². The Hall–Kier alpha value is -1.88. The highest BCUT2D eigenvalue weighted by Crippen LogP contribution is 2.51. The molecule has 0 unspecified atom stereocenters. The molecule has 1 aliphatic heterocycles. The molecule has 2 aliphatic carbocycles. The maximum absolute atomic E-state index is 13.3. The van der Waals surface area contributed by atoms with E-state index in [1.165, 1.54) is 0 Å². The number of carbonyl (C=O) groups excluding carboxylic acids is 1. The van der Waals surface area contributed by atoms with Crippen molar-refractivity contribution in [2.24, 2.45) is 11.3 Å². The molecule has 4 rings (SSSR count). The number of aliphatic carboxylic acids is 1. The van der Waals surface area contributed by atoms with E-state index in [0.29, 0.717) is 25.3 Å². The third-order valence-electron chi connectivity index (χ3n) is 6.61. The van der Waals surface area contributed by atoms with Crippen molar-refractivity contribution in [3.05, 3.63) is 35.4 Å². The molecule has 0 radical (unpaired) electrons. The maximum atomic E-state index is 13.3. The van der Waals surface area contributed by atoms with Crippen LogP contribution in [0.1, 0.15) is 49.7 Å². The number of nitrogens with zero attached hydrogens (tertiary/aromatic N) is 1. The van der Waals surface area contributed by atoms with Gasteiger partial charge in [0.1, 0.15) is 5.41 Å². The molecule has 1 aromatic carbocycles. The molecule has 1 amide bonds. The van der Waals surface area contributed by atoms with Crippen molar-refractivity contribution in [1.82, 2.24) is 4.90 Å². The number of hydrogen-bond acceptors (Lipinski definition) is 3. The fourth-order valence-electron chi connectivity index (χ4n) is 4.51. The molecule has 0 bridgehead atoms. The molecule has 0 spiro atoms. The molecule has 5 nitrogen and oxygen atoms in total. The summed E-state index contributed by atoms with van der Waals surface area (Å²) in [7, 11) is 0. The summed E-state index contributed by atoms with van der Waals surface area (Å²) in [5, 5.41) is 20.4. The molecule has 140 valence electrons. The highest BCUT2D eigenvalue weighted by Gasteiger charge is 2.57. The second kappa shape index (κ2) is 6.08. The Morgan fingerprint density at radius 3 is 2.35 bits per heavy atom. The topological polar surface area (TPSA) is 77.8 Å². The van der Waals surface area contributed by atoms with Crippen LogP contribution in [0, 0.1) is 18.3 Å². The molecular formula is C21H27NO4. The number of aryl methyl sites for hydroxylation is 1. The summed E-state index contributed by atoms with van der Waals surface area (Å²) in [6.45, 7) is 2.59. The van der Waals surface area contributed by atoms with Crippen LogP contribution in [0.4, 0.5) is 0 Å². The molecule has 3 fully saturated rings. The highest BCUT2D eigenvalue weighted by atomic mass is 16.4. The normalized spacial score (nSPS) is 30.1. The number of carbonyl (C=O) groups is 2. The number of piperidine rings is 1. The first kappa shape index (κ1) is 17.5. The molecule has 1 saturated heterocycles. The molecule has 0 aromatic heterocycles. The van der Waals surface area contributed by atoms with Crippen LogP contribution in [0.2, 0.25) is 0 Å². The average Bonchev–Trinajstić information content (AvgIpc) is 3.52. The molecule has 5 heteroatoms. The minimum atomic E-state index is -1.21. The largest absolute Gasteiger partial charge is 0.481 e. The number of carboxylic acids is 1. The zero-order valence-electron chi connectivity index (χ0n) is 15.3. The summed E-state index contributed by atoms with van der Waals surface area (Å²) in [6.07, 6.45) is 3.64. The Morgan fingerprint density at radius 1 is 1.15 bits per heavy atom. The van der Waals surface area contributed by atoms with Crippen molar-refractivity contribution in [2.45, 2.75) is 57.0 Å².